The van der Waals surface area contributed by atoms with E-state index in [1.165, 1.54) is 12.3 Å². The lowest BCUT2D eigenvalue weighted by atomic mass is 10.3. The molecular weight excluding hydrogens is 212 g/mol. The molecule has 0 unspecified atom stereocenters. The summed E-state index contributed by atoms with van der Waals surface area (Å²) in [6, 6.07) is 3.05. The number of hydrogen-bond donors (Lipinski definition) is 0. The van der Waals surface area contributed by atoms with Crippen molar-refractivity contribution in [3.8, 4) is 0 Å². The minimum absolute atomic E-state index is 0.116. The van der Waals surface area contributed by atoms with Crippen LogP contribution in [0.2, 0.25) is 0 Å². The van der Waals surface area contributed by atoms with E-state index in [0.717, 1.165) is 5.56 Å². The molecule has 0 fully saturated rings. The van der Waals surface area contributed by atoms with Crippen LogP contribution in [-0.4, -0.2) is 9.91 Å². The molecule has 0 atom stereocenters. The van der Waals surface area contributed by atoms with Gasteiger partial charge in [-0.15, -0.1) is 0 Å². The van der Waals surface area contributed by atoms with E-state index < -0.39 is 4.92 Å². The van der Waals surface area contributed by atoms with Gasteiger partial charge in [-0.1, -0.05) is 15.9 Å². The highest BCUT2D eigenvalue weighted by Gasteiger charge is 2.04. The monoisotopic (exact) mass is 216 g/mol. The van der Waals surface area contributed by atoms with Crippen LogP contribution in [0.1, 0.15) is 5.56 Å². The Balaban J connectivity index is 2.91. The summed E-state index contributed by atoms with van der Waals surface area (Å²) in [6.45, 7) is 0. The van der Waals surface area contributed by atoms with Gasteiger partial charge in [0.25, 0.3) is 0 Å². The van der Waals surface area contributed by atoms with Crippen molar-refractivity contribution in [2.45, 2.75) is 5.33 Å². The predicted molar refractivity (Wildman–Crippen MR) is 43.5 cm³/mol. The van der Waals surface area contributed by atoms with Crippen molar-refractivity contribution in [3.05, 3.63) is 34.0 Å². The summed E-state index contributed by atoms with van der Waals surface area (Å²) in [5, 5.41) is 10.8. The largest absolute Gasteiger partial charge is 0.363 e. The third kappa shape index (κ3) is 1.98. The maximum Gasteiger partial charge on any atom is 0.363 e. The number of hydrogen-bond acceptors (Lipinski definition) is 3. The third-order valence-corrected chi connectivity index (χ3v) is 1.80. The molecule has 0 spiro atoms. The van der Waals surface area contributed by atoms with E-state index >= 15 is 0 Å². The summed E-state index contributed by atoms with van der Waals surface area (Å²) >= 11 is 3.21. The van der Waals surface area contributed by atoms with Gasteiger partial charge in [-0.3, -0.25) is 0 Å². The first kappa shape index (κ1) is 8.13. The first-order valence-electron chi connectivity index (χ1n) is 2.89. The van der Waals surface area contributed by atoms with Crippen molar-refractivity contribution in [3.63, 3.8) is 0 Å². The van der Waals surface area contributed by atoms with Crippen molar-refractivity contribution in [1.82, 2.24) is 4.98 Å². The molecule has 0 radical (unpaired) electrons. The fourth-order valence-electron chi connectivity index (χ4n) is 0.604. The second kappa shape index (κ2) is 3.43. The van der Waals surface area contributed by atoms with Gasteiger partial charge in [-0.05, 0) is 16.0 Å². The van der Waals surface area contributed by atoms with Crippen LogP contribution in [-0.2, 0) is 5.33 Å². The Bertz CT molecular complexity index is 260. The van der Waals surface area contributed by atoms with Gasteiger partial charge in [0.05, 0.1) is 0 Å². The smallest absolute Gasteiger partial charge is 0.358 e. The molecule has 0 amide bonds. The molecule has 0 bridgehead atoms. The SMILES string of the molecule is O=[N+]([O-])c1ccc(CBr)cn1. The lowest BCUT2D eigenvalue weighted by molar-refractivity contribution is -0.389. The van der Waals surface area contributed by atoms with E-state index in [0.29, 0.717) is 5.33 Å². The molecule has 0 aromatic carbocycles. The number of nitrogens with zero attached hydrogens (tertiary/aromatic N) is 2. The van der Waals surface area contributed by atoms with Crippen LogP contribution in [0.5, 0.6) is 0 Å². The Morgan fingerprint density at radius 1 is 1.64 bits per heavy atom. The first-order valence-corrected chi connectivity index (χ1v) is 4.01. The maximum absolute atomic E-state index is 10.1. The minimum Gasteiger partial charge on any atom is -0.358 e. The quantitative estimate of drug-likeness (QED) is 0.431. The Kier molecular flexibility index (Phi) is 2.53. The number of pyridine rings is 1. The van der Waals surface area contributed by atoms with Crippen molar-refractivity contribution in [2.75, 3.05) is 0 Å². The molecule has 0 saturated heterocycles. The molecule has 4 nitrogen and oxygen atoms in total. The molecule has 0 aliphatic rings. The molecule has 11 heavy (non-hydrogen) atoms. The normalized spacial score (nSPS) is 9.55. The average Bonchev–Trinajstić information content (AvgIpc) is 2.05. The van der Waals surface area contributed by atoms with Crippen molar-refractivity contribution < 1.29 is 4.92 Å². The van der Waals surface area contributed by atoms with Crippen LogP contribution in [0.3, 0.4) is 0 Å². The summed E-state index contributed by atoms with van der Waals surface area (Å²) in [7, 11) is 0. The zero-order valence-corrected chi connectivity index (χ0v) is 7.11. The second-order valence-corrected chi connectivity index (χ2v) is 2.48. The molecule has 0 aliphatic carbocycles. The molecule has 0 saturated carbocycles. The molecule has 1 aromatic rings. The number of aromatic nitrogens is 1. The minimum atomic E-state index is -0.516. The van der Waals surface area contributed by atoms with Crippen LogP contribution < -0.4 is 0 Å². The number of rotatable bonds is 2. The summed E-state index contributed by atoms with van der Waals surface area (Å²) in [5.41, 5.74) is 0.926. The molecule has 0 N–H and O–H groups in total. The zero-order valence-electron chi connectivity index (χ0n) is 5.53. The van der Waals surface area contributed by atoms with Gasteiger partial charge in [-0.2, -0.15) is 0 Å². The fraction of sp³-hybridized carbons (Fsp3) is 0.167. The lowest BCUT2D eigenvalue weighted by Gasteiger charge is -1.91. The van der Waals surface area contributed by atoms with Gasteiger partial charge in [0.2, 0.25) is 0 Å². The van der Waals surface area contributed by atoms with Crippen LogP contribution in [0.15, 0.2) is 18.3 Å². The fourth-order valence-corrected chi connectivity index (χ4v) is 0.935. The average molecular weight is 217 g/mol. The van der Waals surface area contributed by atoms with E-state index in [1.807, 2.05) is 0 Å². The number of halogens is 1. The highest BCUT2D eigenvalue weighted by molar-refractivity contribution is 9.08. The van der Waals surface area contributed by atoms with Gasteiger partial charge in [0.1, 0.15) is 6.20 Å². The van der Waals surface area contributed by atoms with E-state index in [1.54, 1.807) is 6.07 Å². The zero-order chi connectivity index (χ0) is 8.27. The van der Waals surface area contributed by atoms with Gasteiger partial charge in [0.15, 0.2) is 0 Å². The van der Waals surface area contributed by atoms with E-state index in [-0.39, 0.29) is 5.82 Å². The summed E-state index contributed by atoms with van der Waals surface area (Å²) in [6.07, 6.45) is 1.48. The third-order valence-electron chi connectivity index (χ3n) is 1.15. The van der Waals surface area contributed by atoms with Gasteiger partial charge in [-0.25, -0.2) is 0 Å². The van der Waals surface area contributed by atoms with Crippen molar-refractivity contribution in [2.24, 2.45) is 0 Å². The van der Waals surface area contributed by atoms with Gasteiger partial charge < -0.3 is 10.1 Å². The van der Waals surface area contributed by atoms with E-state index in [9.17, 15) is 10.1 Å². The second-order valence-electron chi connectivity index (χ2n) is 1.92. The van der Waals surface area contributed by atoms with E-state index in [4.69, 9.17) is 0 Å². The first-order chi connectivity index (χ1) is 5.24. The Morgan fingerprint density at radius 3 is 2.73 bits per heavy atom. The molecule has 58 valence electrons. The molecule has 5 heteroatoms. The van der Waals surface area contributed by atoms with Gasteiger partial charge in [0, 0.05) is 17.0 Å². The Hall–Kier alpha value is -0.970. The topological polar surface area (TPSA) is 56.0 Å². The maximum atomic E-state index is 10.1. The molecule has 0 aliphatic heterocycles. The van der Waals surface area contributed by atoms with E-state index in [2.05, 4.69) is 20.9 Å². The highest BCUT2D eigenvalue weighted by atomic mass is 79.9. The molecule has 1 heterocycles. The Labute approximate surface area is 71.5 Å². The van der Waals surface area contributed by atoms with Crippen LogP contribution in [0.25, 0.3) is 0 Å². The van der Waals surface area contributed by atoms with Crippen molar-refractivity contribution >= 4 is 21.7 Å². The van der Waals surface area contributed by atoms with Crippen LogP contribution in [0, 0.1) is 10.1 Å². The molecule has 1 rings (SSSR count). The molecular formula is C6H5BrN2O2. The summed E-state index contributed by atoms with van der Waals surface area (Å²) < 4.78 is 0. The van der Waals surface area contributed by atoms with Crippen LogP contribution >= 0.6 is 15.9 Å². The summed E-state index contributed by atoms with van der Waals surface area (Å²) in [4.78, 5) is 13.2. The van der Waals surface area contributed by atoms with Crippen LogP contribution in [0.4, 0.5) is 5.82 Å². The van der Waals surface area contributed by atoms with Crippen molar-refractivity contribution in [1.29, 1.82) is 0 Å². The summed E-state index contributed by atoms with van der Waals surface area (Å²) in [5.74, 6) is -0.116. The highest BCUT2D eigenvalue weighted by Crippen LogP contribution is 2.09. The number of nitro groups is 1. The Morgan fingerprint density at radius 2 is 2.36 bits per heavy atom. The predicted octanol–water partition coefficient (Wildman–Crippen LogP) is 1.88. The standard InChI is InChI=1S/C6H5BrN2O2/c7-3-5-1-2-6(8-4-5)9(10)11/h1-2,4H,3H2. The van der Waals surface area contributed by atoms with Gasteiger partial charge >= 0.3 is 5.82 Å². The number of alkyl halides is 1. The lowest BCUT2D eigenvalue weighted by Crippen LogP contribution is -1.91. The molecule has 1 aromatic heterocycles.